The van der Waals surface area contributed by atoms with Gasteiger partial charge in [-0.25, -0.2) is 0 Å². The molecule has 0 aliphatic heterocycles. The molecule has 0 saturated carbocycles. The van der Waals surface area contributed by atoms with Crippen molar-refractivity contribution in [2.45, 2.75) is 26.2 Å². The Hall–Kier alpha value is -0.960. The summed E-state index contributed by atoms with van der Waals surface area (Å²) in [7, 11) is 1.59. The van der Waals surface area contributed by atoms with Crippen LogP contribution in [-0.4, -0.2) is 18.6 Å². The van der Waals surface area contributed by atoms with Crippen LogP contribution in [0.3, 0.4) is 0 Å². The molecule has 0 bridgehead atoms. The number of Topliss-reactive ketones (excluding diaryl/α,β-unsaturated/α-hetero) is 1. The molecule has 0 aromatic heterocycles. The summed E-state index contributed by atoms with van der Waals surface area (Å²) in [6.07, 6.45) is 0.445. The third-order valence-electron chi connectivity index (χ3n) is 2.53. The van der Waals surface area contributed by atoms with Crippen LogP contribution in [0.2, 0.25) is 0 Å². The van der Waals surface area contributed by atoms with E-state index in [9.17, 15) is 4.79 Å². The van der Waals surface area contributed by atoms with Crippen LogP contribution in [0.4, 0.5) is 0 Å². The van der Waals surface area contributed by atoms with Crippen molar-refractivity contribution in [1.29, 1.82) is 0 Å². The first-order valence-electron chi connectivity index (χ1n) is 5.42. The molecule has 1 aromatic carbocycles. The topological polar surface area (TPSA) is 26.3 Å². The Morgan fingerprint density at radius 1 is 1.44 bits per heavy atom. The fourth-order valence-electron chi connectivity index (χ4n) is 1.54. The predicted molar refractivity (Wildman–Crippen MR) is 69.9 cm³/mol. The molecule has 0 fully saturated rings. The maximum absolute atomic E-state index is 11.9. The van der Waals surface area contributed by atoms with E-state index in [2.05, 4.69) is 26.5 Å². The third-order valence-corrected chi connectivity index (χ3v) is 2.75. The van der Waals surface area contributed by atoms with Crippen LogP contribution in [0.25, 0.3) is 0 Å². The summed E-state index contributed by atoms with van der Waals surface area (Å²) in [6.45, 7) is 4.21. The van der Waals surface area contributed by atoms with Crippen molar-refractivity contribution in [3.8, 4) is 5.75 Å². The first-order chi connectivity index (χ1) is 7.60. The summed E-state index contributed by atoms with van der Waals surface area (Å²) in [5, 5.41) is 0. The van der Waals surface area contributed by atoms with E-state index >= 15 is 0 Å². The predicted octanol–water partition coefficient (Wildman–Crippen LogP) is 3.32. The molecule has 0 saturated heterocycles. The SMILES string of the molecule is COc1ccc(C(C)C)cc1C(=O)CCS. The average molecular weight is 238 g/mol. The van der Waals surface area contributed by atoms with E-state index in [1.165, 1.54) is 0 Å². The fraction of sp³-hybridized carbons (Fsp3) is 0.462. The summed E-state index contributed by atoms with van der Waals surface area (Å²) in [4.78, 5) is 11.9. The lowest BCUT2D eigenvalue weighted by Crippen LogP contribution is -2.04. The second kappa shape index (κ2) is 5.94. The molecule has 1 rings (SSSR count). The monoisotopic (exact) mass is 238 g/mol. The van der Waals surface area contributed by atoms with E-state index in [1.807, 2.05) is 18.2 Å². The van der Waals surface area contributed by atoms with Crippen LogP contribution in [0.5, 0.6) is 5.75 Å². The largest absolute Gasteiger partial charge is 0.496 e. The molecule has 2 nitrogen and oxygen atoms in total. The van der Waals surface area contributed by atoms with Crippen molar-refractivity contribution in [3.05, 3.63) is 29.3 Å². The van der Waals surface area contributed by atoms with Gasteiger partial charge in [0.2, 0.25) is 0 Å². The van der Waals surface area contributed by atoms with Crippen molar-refractivity contribution >= 4 is 18.4 Å². The number of carbonyl (C=O) groups excluding carboxylic acids is 1. The second-order valence-electron chi connectivity index (χ2n) is 4.01. The fourth-order valence-corrected chi connectivity index (χ4v) is 1.74. The van der Waals surface area contributed by atoms with Crippen LogP contribution in [0.1, 0.15) is 42.1 Å². The van der Waals surface area contributed by atoms with Gasteiger partial charge in [0, 0.05) is 6.42 Å². The standard InChI is InChI=1S/C13H18O2S/c1-9(2)10-4-5-13(15-3)11(8-10)12(14)6-7-16/h4-5,8-9,16H,6-7H2,1-3H3. The Bertz CT molecular complexity index is 372. The zero-order valence-electron chi connectivity index (χ0n) is 9.99. The van der Waals surface area contributed by atoms with Crippen LogP contribution >= 0.6 is 12.6 Å². The average Bonchev–Trinajstić information content (AvgIpc) is 2.28. The van der Waals surface area contributed by atoms with Gasteiger partial charge in [-0.2, -0.15) is 12.6 Å². The van der Waals surface area contributed by atoms with E-state index in [-0.39, 0.29) is 5.78 Å². The minimum absolute atomic E-state index is 0.0920. The molecular formula is C13H18O2S. The summed E-state index contributed by atoms with van der Waals surface area (Å²) < 4.78 is 5.20. The van der Waals surface area contributed by atoms with Gasteiger partial charge in [-0.3, -0.25) is 4.79 Å². The highest BCUT2D eigenvalue weighted by molar-refractivity contribution is 7.80. The van der Waals surface area contributed by atoms with Gasteiger partial charge in [0.05, 0.1) is 12.7 Å². The van der Waals surface area contributed by atoms with E-state index in [0.717, 1.165) is 5.56 Å². The summed E-state index contributed by atoms with van der Waals surface area (Å²) in [6, 6.07) is 5.79. The molecule has 0 unspecified atom stereocenters. The van der Waals surface area contributed by atoms with E-state index < -0.39 is 0 Å². The minimum atomic E-state index is 0.0920. The lowest BCUT2D eigenvalue weighted by molar-refractivity contribution is 0.0986. The van der Waals surface area contributed by atoms with Crippen LogP contribution in [0.15, 0.2) is 18.2 Å². The Morgan fingerprint density at radius 2 is 2.12 bits per heavy atom. The Kier molecular flexibility index (Phi) is 4.87. The Balaban J connectivity index is 3.11. The number of thiol groups is 1. The molecule has 0 amide bonds. The van der Waals surface area contributed by atoms with Crippen molar-refractivity contribution in [2.24, 2.45) is 0 Å². The van der Waals surface area contributed by atoms with Gasteiger partial charge in [-0.1, -0.05) is 19.9 Å². The second-order valence-corrected chi connectivity index (χ2v) is 4.46. The van der Waals surface area contributed by atoms with Crippen LogP contribution < -0.4 is 4.74 Å². The van der Waals surface area contributed by atoms with Crippen LogP contribution in [-0.2, 0) is 0 Å². The first kappa shape index (κ1) is 13.1. The molecule has 0 aliphatic rings. The highest BCUT2D eigenvalue weighted by Gasteiger charge is 2.13. The molecule has 0 heterocycles. The van der Waals surface area contributed by atoms with Gasteiger partial charge in [0.15, 0.2) is 5.78 Å². The van der Waals surface area contributed by atoms with Gasteiger partial charge >= 0.3 is 0 Å². The minimum Gasteiger partial charge on any atom is -0.496 e. The number of ketones is 1. The molecule has 0 spiro atoms. The van der Waals surface area contributed by atoms with Gasteiger partial charge < -0.3 is 4.74 Å². The summed E-state index contributed by atoms with van der Waals surface area (Å²) in [5.41, 5.74) is 1.83. The molecule has 0 atom stereocenters. The molecule has 3 heteroatoms. The number of ether oxygens (including phenoxy) is 1. The maximum Gasteiger partial charge on any atom is 0.167 e. The van der Waals surface area contributed by atoms with Gasteiger partial charge in [0.25, 0.3) is 0 Å². The molecule has 1 aromatic rings. The number of hydrogen-bond donors (Lipinski definition) is 1. The van der Waals surface area contributed by atoms with Gasteiger partial charge in [-0.15, -0.1) is 0 Å². The van der Waals surface area contributed by atoms with E-state index in [4.69, 9.17) is 4.74 Å². The number of carbonyl (C=O) groups is 1. The van der Waals surface area contributed by atoms with Gasteiger partial charge in [-0.05, 0) is 29.4 Å². The smallest absolute Gasteiger partial charge is 0.167 e. The quantitative estimate of drug-likeness (QED) is 0.629. The van der Waals surface area contributed by atoms with Crippen LogP contribution in [0, 0.1) is 0 Å². The normalized spacial score (nSPS) is 10.6. The number of rotatable bonds is 5. The van der Waals surface area contributed by atoms with E-state index in [0.29, 0.717) is 29.4 Å². The first-order valence-corrected chi connectivity index (χ1v) is 6.05. The summed E-state index contributed by atoms with van der Waals surface area (Å²) in [5.74, 6) is 1.72. The number of hydrogen-bond acceptors (Lipinski definition) is 3. The highest BCUT2D eigenvalue weighted by Crippen LogP contribution is 2.25. The van der Waals surface area contributed by atoms with Gasteiger partial charge in [0.1, 0.15) is 5.75 Å². The van der Waals surface area contributed by atoms with Crippen molar-refractivity contribution < 1.29 is 9.53 Å². The van der Waals surface area contributed by atoms with E-state index in [1.54, 1.807) is 7.11 Å². The highest BCUT2D eigenvalue weighted by atomic mass is 32.1. The van der Waals surface area contributed by atoms with Crippen molar-refractivity contribution in [1.82, 2.24) is 0 Å². The summed E-state index contributed by atoms with van der Waals surface area (Å²) >= 11 is 4.08. The molecular weight excluding hydrogens is 220 g/mol. The zero-order chi connectivity index (χ0) is 12.1. The molecule has 0 radical (unpaired) electrons. The molecule has 88 valence electrons. The third kappa shape index (κ3) is 3.01. The number of benzene rings is 1. The maximum atomic E-state index is 11.9. The molecule has 0 aliphatic carbocycles. The zero-order valence-corrected chi connectivity index (χ0v) is 10.9. The lowest BCUT2D eigenvalue weighted by atomic mass is 9.98. The van der Waals surface area contributed by atoms with Crippen molar-refractivity contribution in [3.63, 3.8) is 0 Å². The Labute approximate surface area is 102 Å². The van der Waals surface area contributed by atoms with Crippen molar-refractivity contribution in [2.75, 3.05) is 12.9 Å². The lowest BCUT2D eigenvalue weighted by Gasteiger charge is -2.11. The number of methoxy groups -OCH3 is 1. The molecule has 16 heavy (non-hydrogen) atoms. The molecule has 0 N–H and O–H groups in total. The Morgan fingerprint density at radius 3 is 2.62 bits per heavy atom.